The van der Waals surface area contributed by atoms with E-state index >= 15 is 0 Å². The van der Waals surface area contributed by atoms with E-state index in [0.29, 0.717) is 6.61 Å². The molecule has 0 aliphatic carbocycles. The van der Waals surface area contributed by atoms with Crippen molar-refractivity contribution in [2.45, 2.75) is 0 Å². The van der Waals surface area contributed by atoms with Crippen molar-refractivity contribution < 1.29 is 4.74 Å². The Hall–Kier alpha value is -1.22. The van der Waals surface area contributed by atoms with Crippen LogP contribution >= 0.6 is 12.4 Å². The lowest BCUT2D eigenvalue weighted by Crippen LogP contribution is -2.00. The summed E-state index contributed by atoms with van der Waals surface area (Å²) in [6.45, 7) is 1.46. The SMILES string of the molecule is Cl.Nc1ccc(C2=NCCO2)cc1. The molecule has 2 rings (SSSR count). The fraction of sp³-hybridized carbons (Fsp3) is 0.222. The first kappa shape index (κ1) is 9.86. The van der Waals surface area contributed by atoms with Gasteiger partial charge in [0.25, 0.3) is 0 Å². The molecule has 0 bridgehead atoms. The number of nitrogens with zero attached hydrogens (tertiary/aromatic N) is 1. The van der Waals surface area contributed by atoms with Crippen LogP contribution in [0.25, 0.3) is 0 Å². The van der Waals surface area contributed by atoms with Crippen molar-refractivity contribution in [2.75, 3.05) is 18.9 Å². The number of aliphatic imine (C=N–C) groups is 1. The average molecular weight is 199 g/mol. The Morgan fingerprint density at radius 1 is 1.23 bits per heavy atom. The van der Waals surface area contributed by atoms with Crippen LogP contribution in [0.5, 0.6) is 0 Å². The molecular formula is C9H11ClN2O. The lowest BCUT2D eigenvalue weighted by atomic mass is 10.2. The molecule has 0 radical (unpaired) electrons. The second-order valence-corrected chi connectivity index (χ2v) is 2.66. The van der Waals surface area contributed by atoms with Gasteiger partial charge in [-0.1, -0.05) is 0 Å². The highest BCUT2D eigenvalue weighted by Crippen LogP contribution is 2.09. The van der Waals surface area contributed by atoms with E-state index in [1.165, 1.54) is 0 Å². The predicted molar refractivity (Wildman–Crippen MR) is 55.5 cm³/mol. The second-order valence-electron chi connectivity index (χ2n) is 2.66. The molecule has 2 N–H and O–H groups in total. The zero-order chi connectivity index (χ0) is 8.39. The molecular weight excluding hydrogens is 188 g/mol. The normalized spacial score (nSPS) is 14.3. The van der Waals surface area contributed by atoms with E-state index in [9.17, 15) is 0 Å². The van der Waals surface area contributed by atoms with Crippen molar-refractivity contribution in [3.05, 3.63) is 29.8 Å². The summed E-state index contributed by atoms with van der Waals surface area (Å²) in [7, 11) is 0. The maximum absolute atomic E-state index is 5.54. The van der Waals surface area contributed by atoms with Gasteiger partial charge < -0.3 is 10.5 Å². The average Bonchev–Trinajstić information content (AvgIpc) is 2.58. The summed E-state index contributed by atoms with van der Waals surface area (Å²) in [5, 5.41) is 0. The smallest absolute Gasteiger partial charge is 0.216 e. The Morgan fingerprint density at radius 3 is 2.46 bits per heavy atom. The van der Waals surface area contributed by atoms with E-state index in [-0.39, 0.29) is 12.4 Å². The largest absolute Gasteiger partial charge is 0.476 e. The van der Waals surface area contributed by atoms with Crippen molar-refractivity contribution >= 4 is 24.0 Å². The maximum Gasteiger partial charge on any atom is 0.216 e. The van der Waals surface area contributed by atoms with Crippen LogP contribution in [0.15, 0.2) is 29.3 Å². The molecule has 1 aromatic carbocycles. The molecule has 1 aliphatic heterocycles. The highest BCUT2D eigenvalue weighted by atomic mass is 35.5. The van der Waals surface area contributed by atoms with E-state index in [2.05, 4.69) is 4.99 Å². The number of halogens is 1. The van der Waals surface area contributed by atoms with Gasteiger partial charge in [0.15, 0.2) is 0 Å². The molecule has 0 amide bonds. The van der Waals surface area contributed by atoms with Crippen molar-refractivity contribution in [1.29, 1.82) is 0 Å². The molecule has 1 aromatic rings. The van der Waals surface area contributed by atoms with Gasteiger partial charge in [-0.3, -0.25) is 0 Å². The zero-order valence-electron chi connectivity index (χ0n) is 7.06. The molecule has 0 atom stereocenters. The highest BCUT2D eigenvalue weighted by molar-refractivity contribution is 5.95. The number of nitrogen functional groups attached to an aromatic ring is 1. The summed E-state index contributed by atoms with van der Waals surface area (Å²) in [6.07, 6.45) is 0. The zero-order valence-corrected chi connectivity index (χ0v) is 7.88. The number of benzene rings is 1. The van der Waals surface area contributed by atoms with Crippen molar-refractivity contribution in [3.8, 4) is 0 Å². The molecule has 1 aliphatic rings. The van der Waals surface area contributed by atoms with Crippen LogP contribution in [0, 0.1) is 0 Å². The number of rotatable bonds is 1. The van der Waals surface area contributed by atoms with Crippen molar-refractivity contribution in [2.24, 2.45) is 4.99 Å². The summed E-state index contributed by atoms with van der Waals surface area (Å²) < 4.78 is 5.29. The van der Waals surface area contributed by atoms with Gasteiger partial charge in [0.2, 0.25) is 5.90 Å². The summed E-state index contributed by atoms with van der Waals surface area (Å²) in [5.74, 6) is 0.731. The molecule has 70 valence electrons. The van der Waals surface area contributed by atoms with Gasteiger partial charge in [-0.25, -0.2) is 4.99 Å². The molecule has 0 saturated heterocycles. The second kappa shape index (κ2) is 4.14. The van der Waals surface area contributed by atoms with E-state index in [1.54, 1.807) is 0 Å². The lowest BCUT2D eigenvalue weighted by molar-refractivity contribution is 0.348. The Kier molecular flexibility index (Phi) is 3.14. The van der Waals surface area contributed by atoms with Crippen LogP contribution in [0.3, 0.4) is 0 Å². The van der Waals surface area contributed by atoms with Gasteiger partial charge in [-0.2, -0.15) is 0 Å². The first-order valence-corrected chi connectivity index (χ1v) is 3.89. The van der Waals surface area contributed by atoms with E-state index < -0.39 is 0 Å². The first-order valence-electron chi connectivity index (χ1n) is 3.89. The summed E-state index contributed by atoms with van der Waals surface area (Å²) in [6, 6.07) is 7.53. The molecule has 4 heteroatoms. The number of anilines is 1. The number of hydrogen-bond acceptors (Lipinski definition) is 3. The van der Waals surface area contributed by atoms with Crippen LogP contribution in [-0.4, -0.2) is 19.0 Å². The monoisotopic (exact) mass is 198 g/mol. The molecule has 13 heavy (non-hydrogen) atoms. The Balaban J connectivity index is 0.000000845. The van der Waals surface area contributed by atoms with Crippen LogP contribution in [0.1, 0.15) is 5.56 Å². The van der Waals surface area contributed by atoms with Gasteiger partial charge in [0, 0.05) is 11.3 Å². The predicted octanol–water partition coefficient (Wildman–Crippen LogP) is 1.47. The van der Waals surface area contributed by atoms with Gasteiger partial charge in [-0.05, 0) is 24.3 Å². The fourth-order valence-corrected chi connectivity index (χ4v) is 1.14. The first-order chi connectivity index (χ1) is 5.86. The van der Waals surface area contributed by atoms with Gasteiger partial charge in [-0.15, -0.1) is 12.4 Å². The van der Waals surface area contributed by atoms with Gasteiger partial charge >= 0.3 is 0 Å². The van der Waals surface area contributed by atoms with Gasteiger partial charge in [0.1, 0.15) is 6.61 Å². The fourth-order valence-electron chi connectivity index (χ4n) is 1.14. The van der Waals surface area contributed by atoms with Crippen LogP contribution < -0.4 is 5.73 Å². The van der Waals surface area contributed by atoms with E-state index in [0.717, 1.165) is 23.7 Å². The Morgan fingerprint density at radius 2 is 1.92 bits per heavy atom. The topological polar surface area (TPSA) is 47.6 Å². The third-order valence-corrected chi connectivity index (χ3v) is 1.74. The Bertz CT molecular complexity index is 308. The number of nitrogens with two attached hydrogens (primary N) is 1. The molecule has 0 aromatic heterocycles. The summed E-state index contributed by atoms with van der Waals surface area (Å²) in [5.41, 5.74) is 7.31. The molecule has 3 nitrogen and oxygen atoms in total. The van der Waals surface area contributed by atoms with Crippen LogP contribution in [-0.2, 0) is 4.74 Å². The van der Waals surface area contributed by atoms with Crippen molar-refractivity contribution in [1.82, 2.24) is 0 Å². The quantitative estimate of drug-likeness (QED) is 0.695. The summed E-state index contributed by atoms with van der Waals surface area (Å²) >= 11 is 0. The number of ether oxygens (including phenoxy) is 1. The molecule has 0 spiro atoms. The third-order valence-electron chi connectivity index (χ3n) is 1.74. The van der Waals surface area contributed by atoms with Crippen LogP contribution in [0.4, 0.5) is 5.69 Å². The summed E-state index contributed by atoms with van der Waals surface area (Å²) in [4.78, 5) is 4.19. The van der Waals surface area contributed by atoms with Gasteiger partial charge in [0.05, 0.1) is 6.54 Å². The highest BCUT2D eigenvalue weighted by Gasteiger charge is 2.08. The third kappa shape index (κ3) is 2.12. The minimum Gasteiger partial charge on any atom is -0.476 e. The minimum absolute atomic E-state index is 0. The molecule has 0 saturated carbocycles. The Labute approximate surface area is 83.0 Å². The molecule has 0 fully saturated rings. The molecule has 1 heterocycles. The number of hydrogen-bond donors (Lipinski definition) is 1. The minimum atomic E-state index is 0. The van der Waals surface area contributed by atoms with Crippen LogP contribution in [0.2, 0.25) is 0 Å². The van der Waals surface area contributed by atoms with Crippen molar-refractivity contribution in [3.63, 3.8) is 0 Å². The standard InChI is InChI=1S/C9H10N2O.ClH/c10-8-3-1-7(2-4-8)9-11-5-6-12-9;/h1-4H,5-6,10H2;1H. The lowest BCUT2D eigenvalue weighted by Gasteiger charge is -2.00. The van der Waals surface area contributed by atoms with E-state index in [1.807, 2.05) is 24.3 Å². The molecule has 0 unspecified atom stereocenters. The maximum atomic E-state index is 5.54. The van der Waals surface area contributed by atoms with E-state index in [4.69, 9.17) is 10.5 Å².